The minimum Gasteiger partial charge on any atom is -0.481 e. The van der Waals surface area contributed by atoms with Gasteiger partial charge in [-0.25, -0.2) is 9.88 Å². The molecule has 0 bridgehead atoms. The average molecular weight is 686 g/mol. The van der Waals surface area contributed by atoms with Crippen molar-refractivity contribution in [3.8, 4) is 0 Å². The van der Waals surface area contributed by atoms with Crippen molar-refractivity contribution in [2.75, 3.05) is 10.7 Å². The van der Waals surface area contributed by atoms with Crippen LogP contribution in [0.2, 0.25) is 0 Å². The molecule has 1 N–H and O–H groups in total. The number of halogens is 4. The molecular weight excluding hydrogens is 680 g/mol. The van der Waals surface area contributed by atoms with Gasteiger partial charge in [-0.3, -0.25) is 14.4 Å². The van der Waals surface area contributed by atoms with E-state index in [4.69, 9.17) is 5.11 Å². The van der Waals surface area contributed by atoms with Crippen molar-refractivity contribution < 1.29 is 19.5 Å². The zero-order valence-corrected chi connectivity index (χ0v) is 21.8. The third-order valence-electron chi connectivity index (χ3n) is 4.03. The van der Waals surface area contributed by atoms with E-state index in [1.165, 1.54) is 11.3 Å². The van der Waals surface area contributed by atoms with E-state index in [1.807, 2.05) is 0 Å². The van der Waals surface area contributed by atoms with E-state index in [-0.39, 0.29) is 16.9 Å². The summed E-state index contributed by atoms with van der Waals surface area (Å²) in [6, 6.07) is 5.08. The van der Waals surface area contributed by atoms with Gasteiger partial charge >= 0.3 is 5.97 Å². The number of thioether (sulfide) groups is 1. The number of carboxylic acid groups (broad SMARTS) is 1. The zero-order chi connectivity index (χ0) is 21.0. The number of thiazole rings is 1. The van der Waals surface area contributed by atoms with Gasteiger partial charge in [-0.1, -0.05) is 11.8 Å². The maximum atomic E-state index is 13.1. The van der Waals surface area contributed by atoms with Crippen molar-refractivity contribution in [2.24, 2.45) is 0 Å². The summed E-state index contributed by atoms with van der Waals surface area (Å²) in [5, 5.41) is 8.83. The Morgan fingerprint density at radius 1 is 1.03 bits per heavy atom. The first-order valence-electron chi connectivity index (χ1n) is 7.70. The Bertz CT molecular complexity index is 1200. The van der Waals surface area contributed by atoms with Gasteiger partial charge in [-0.15, -0.1) is 11.3 Å². The van der Waals surface area contributed by atoms with Gasteiger partial charge in [0.15, 0.2) is 4.34 Å². The number of imide groups is 1. The van der Waals surface area contributed by atoms with Crippen molar-refractivity contribution in [3.05, 3.63) is 47.2 Å². The monoisotopic (exact) mass is 682 g/mol. The number of hydrogen-bond acceptors (Lipinski definition) is 6. The molecule has 6 nitrogen and oxygen atoms in total. The highest BCUT2D eigenvalue weighted by molar-refractivity contribution is 9.15. The quantitative estimate of drug-likeness (QED) is 0.150. The van der Waals surface area contributed by atoms with Crippen molar-refractivity contribution in [1.29, 1.82) is 0 Å². The third-order valence-corrected chi connectivity index (χ3v) is 10.9. The molecule has 29 heavy (non-hydrogen) atoms. The van der Waals surface area contributed by atoms with Crippen molar-refractivity contribution in [1.82, 2.24) is 4.98 Å². The smallest absolute Gasteiger partial charge is 0.313 e. The van der Waals surface area contributed by atoms with Crippen LogP contribution in [0, 0.1) is 0 Å². The van der Waals surface area contributed by atoms with E-state index < -0.39 is 17.8 Å². The number of rotatable bonds is 4. The van der Waals surface area contributed by atoms with Gasteiger partial charge in [-0.05, 0) is 81.9 Å². The molecule has 3 aromatic rings. The van der Waals surface area contributed by atoms with Crippen LogP contribution in [0.1, 0.15) is 20.7 Å². The first-order valence-corrected chi connectivity index (χ1v) is 12.7. The van der Waals surface area contributed by atoms with Crippen LogP contribution in [-0.2, 0) is 4.79 Å². The summed E-state index contributed by atoms with van der Waals surface area (Å²) in [6.07, 6.45) is 0. The topological polar surface area (TPSA) is 87.6 Å². The van der Waals surface area contributed by atoms with Crippen LogP contribution in [0.25, 0.3) is 10.2 Å². The molecule has 1 aromatic heterocycles. The summed E-state index contributed by atoms with van der Waals surface area (Å²) in [6.45, 7) is 0. The SMILES string of the molecule is O=C(O)CSc1nc2ccc(N3C(=O)c4c(Br)c(Br)c(Br)c(Br)c4C3=O)cc2s1. The third kappa shape index (κ3) is 3.61. The molecule has 0 aliphatic carbocycles. The lowest BCUT2D eigenvalue weighted by molar-refractivity contribution is -0.133. The number of nitrogens with zero attached hydrogens (tertiary/aromatic N) is 2. The molecule has 2 amide bonds. The Balaban J connectivity index is 1.77. The second kappa shape index (κ2) is 8.04. The maximum absolute atomic E-state index is 13.1. The summed E-state index contributed by atoms with van der Waals surface area (Å²) in [5.74, 6) is -1.88. The first kappa shape index (κ1) is 21.4. The standard InChI is InChI=1S/C17H6Br4N2O4S2/c18-11-9-10(12(19)14(21)13(11)20)16(27)23(15(9)26)5-1-2-6-7(3-5)29-17(22-6)28-4-8(24)25/h1-3H,4H2,(H,24,25). The average Bonchev–Trinajstić information content (AvgIpc) is 3.20. The number of carbonyl (C=O) groups excluding carboxylic acids is 2. The lowest BCUT2D eigenvalue weighted by Crippen LogP contribution is -2.29. The molecule has 0 saturated carbocycles. The molecule has 0 fully saturated rings. The van der Waals surface area contributed by atoms with Crippen molar-refractivity contribution in [3.63, 3.8) is 0 Å². The molecule has 12 heteroatoms. The molecule has 1 aliphatic rings. The molecular formula is C17H6Br4N2O4S2. The molecule has 2 aromatic carbocycles. The summed E-state index contributed by atoms with van der Waals surface area (Å²) in [7, 11) is 0. The van der Waals surface area contributed by atoms with Crippen LogP contribution in [0.4, 0.5) is 5.69 Å². The molecule has 1 aliphatic heterocycles. The summed E-state index contributed by atoms with van der Waals surface area (Å²) in [5.41, 5.74) is 1.65. The number of carbonyl (C=O) groups is 3. The number of benzene rings is 2. The van der Waals surface area contributed by atoms with E-state index in [0.29, 0.717) is 33.4 Å². The van der Waals surface area contributed by atoms with Crippen molar-refractivity contribution in [2.45, 2.75) is 4.34 Å². The molecule has 0 saturated heterocycles. The predicted molar refractivity (Wildman–Crippen MR) is 126 cm³/mol. The molecule has 4 rings (SSSR count). The van der Waals surface area contributed by atoms with Crippen LogP contribution in [-0.4, -0.2) is 33.6 Å². The number of aromatic nitrogens is 1. The Kier molecular flexibility index (Phi) is 5.95. The highest BCUT2D eigenvalue weighted by Crippen LogP contribution is 2.46. The van der Waals surface area contributed by atoms with E-state index >= 15 is 0 Å². The highest BCUT2D eigenvalue weighted by Gasteiger charge is 2.42. The maximum Gasteiger partial charge on any atom is 0.313 e. The van der Waals surface area contributed by atoms with Gasteiger partial charge in [0, 0.05) is 17.9 Å². The van der Waals surface area contributed by atoms with E-state index in [0.717, 1.165) is 21.4 Å². The molecule has 148 valence electrons. The Labute approximate surface area is 205 Å². The Morgan fingerprint density at radius 3 is 2.17 bits per heavy atom. The van der Waals surface area contributed by atoms with Gasteiger partial charge in [0.2, 0.25) is 0 Å². The Morgan fingerprint density at radius 2 is 1.62 bits per heavy atom. The minimum atomic E-state index is -0.922. The second-order valence-corrected chi connectivity index (χ2v) is 11.2. The van der Waals surface area contributed by atoms with Gasteiger partial charge < -0.3 is 5.11 Å². The predicted octanol–water partition coefficient (Wildman–Crippen LogP) is 6.32. The number of aliphatic carboxylic acids is 1. The van der Waals surface area contributed by atoms with Gasteiger partial charge in [0.05, 0.1) is 32.8 Å². The summed E-state index contributed by atoms with van der Waals surface area (Å²) in [4.78, 5) is 42.5. The van der Waals surface area contributed by atoms with Crippen molar-refractivity contribution >= 4 is 121 Å². The van der Waals surface area contributed by atoms with E-state index in [9.17, 15) is 14.4 Å². The van der Waals surface area contributed by atoms with Crippen LogP contribution in [0.15, 0.2) is 40.4 Å². The highest BCUT2D eigenvalue weighted by atomic mass is 79.9. The lowest BCUT2D eigenvalue weighted by atomic mass is 10.1. The zero-order valence-electron chi connectivity index (χ0n) is 13.8. The molecule has 2 heterocycles. The van der Waals surface area contributed by atoms with Gasteiger partial charge in [0.1, 0.15) is 0 Å². The summed E-state index contributed by atoms with van der Waals surface area (Å²) >= 11 is 16.1. The number of carboxylic acids is 1. The largest absolute Gasteiger partial charge is 0.481 e. The fourth-order valence-electron chi connectivity index (χ4n) is 2.80. The number of fused-ring (bicyclic) bond motifs is 2. The van der Waals surface area contributed by atoms with Gasteiger partial charge in [-0.2, -0.15) is 0 Å². The first-order chi connectivity index (χ1) is 13.7. The number of anilines is 1. The molecule has 0 radical (unpaired) electrons. The molecule has 0 atom stereocenters. The second-order valence-electron chi connectivity index (χ2n) is 5.77. The fourth-order valence-corrected chi connectivity index (χ4v) is 7.08. The normalized spacial score (nSPS) is 13.4. The molecule has 0 spiro atoms. The van der Waals surface area contributed by atoms with E-state index in [1.54, 1.807) is 18.2 Å². The van der Waals surface area contributed by atoms with Gasteiger partial charge in [0.25, 0.3) is 11.8 Å². The van der Waals surface area contributed by atoms with Crippen LogP contribution in [0.3, 0.4) is 0 Å². The fraction of sp³-hybridized carbons (Fsp3) is 0.0588. The van der Waals surface area contributed by atoms with Crippen LogP contribution >= 0.6 is 86.8 Å². The van der Waals surface area contributed by atoms with Crippen LogP contribution in [0.5, 0.6) is 0 Å². The number of amides is 2. The Hall–Kier alpha value is -0.790. The lowest BCUT2D eigenvalue weighted by Gasteiger charge is -2.13. The molecule has 0 unspecified atom stereocenters. The van der Waals surface area contributed by atoms with Crippen LogP contribution < -0.4 is 4.90 Å². The minimum absolute atomic E-state index is 0.0864. The van der Waals surface area contributed by atoms with E-state index in [2.05, 4.69) is 68.7 Å². The summed E-state index contributed by atoms with van der Waals surface area (Å²) < 4.78 is 3.62. The number of hydrogen-bond donors (Lipinski definition) is 1.